The zero-order valence-electron chi connectivity index (χ0n) is 20.0. The quantitative estimate of drug-likeness (QED) is 0.439. The van der Waals surface area contributed by atoms with Gasteiger partial charge in [-0.1, -0.05) is 17.7 Å². The third-order valence-electron chi connectivity index (χ3n) is 6.37. The van der Waals surface area contributed by atoms with Crippen molar-refractivity contribution in [3.05, 3.63) is 59.7 Å². The molecular formula is C26H25ClFN5O4. The van der Waals surface area contributed by atoms with Gasteiger partial charge in [-0.25, -0.2) is 14.4 Å². The van der Waals surface area contributed by atoms with Crippen LogP contribution >= 0.6 is 11.6 Å². The number of likely N-dealkylation sites (N-methyl/N-ethyl adjacent to an activating group) is 1. The van der Waals surface area contributed by atoms with Gasteiger partial charge in [0.25, 0.3) is 0 Å². The van der Waals surface area contributed by atoms with E-state index in [1.165, 1.54) is 24.5 Å². The van der Waals surface area contributed by atoms with Crippen molar-refractivity contribution in [1.29, 1.82) is 0 Å². The van der Waals surface area contributed by atoms with Gasteiger partial charge in [-0.2, -0.15) is 0 Å². The van der Waals surface area contributed by atoms with Gasteiger partial charge in [0, 0.05) is 43.1 Å². The van der Waals surface area contributed by atoms with Crippen LogP contribution in [0.1, 0.15) is 19.3 Å². The second-order valence-corrected chi connectivity index (χ2v) is 9.31. The zero-order chi connectivity index (χ0) is 25.9. The van der Waals surface area contributed by atoms with Crippen LogP contribution in [0, 0.1) is 5.82 Å². The first kappa shape index (κ1) is 24.9. The molecule has 5 rings (SSSR count). The van der Waals surface area contributed by atoms with E-state index in [9.17, 15) is 14.0 Å². The lowest BCUT2D eigenvalue weighted by Crippen LogP contribution is -2.27. The van der Waals surface area contributed by atoms with Crippen LogP contribution in [0.4, 0.5) is 21.6 Å². The summed E-state index contributed by atoms with van der Waals surface area (Å²) in [5, 5.41) is 6.61. The summed E-state index contributed by atoms with van der Waals surface area (Å²) in [6.45, 7) is 1.06. The number of hydrogen-bond donors (Lipinski definition) is 2. The van der Waals surface area contributed by atoms with Gasteiger partial charge in [0.1, 0.15) is 29.8 Å². The molecule has 2 aliphatic heterocycles. The minimum absolute atomic E-state index is 0.0211. The molecule has 2 aliphatic rings. The minimum Gasteiger partial charge on any atom is -0.486 e. The molecular weight excluding hydrogens is 501 g/mol. The molecule has 2 amide bonds. The Bertz CT molecular complexity index is 1380. The Morgan fingerprint density at radius 1 is 1.27 bits per heavy atom. The highest BCUT2D eigenvalue weighted by Gasteiger charge is 2.25. The summed E-state index contributed by atoms with van der Waals surface area (Å²) < 4.78 is 25.2. The fourth-order valence-electron chi connectivity index (χ4n) is 4.30. The number of benzene rings is 2. The van der Waals surface area contributed by atoms with Gasteiger partial charge in [-0.15, -0.1) is 0 Å². The fraction of sp³-hybridized carbons (Fsp3) is 0.308. The number of carbonyl (C=O) groups is 2. The highest BCUT2D eigenvalue weighted by atomic mass is 35.5. The number of fused-ring (bicyclic) bond motifs is 1. The van der Waals surface area contributed by atoms with Crippen molar-refractivity contribution in [1.82, 2.24) is 14.9 Å². The molecule has 2 N–H and O–H groups in total. The van der Waals surface area contributed by atoms with Gasteiger partial charge in [-0.05, 0) is 30.7 Å². The molecule has 0 aliphatic carbocycles. The maximum Gasteiger partial charge on any atom is 0.248 e. The van der Waals surface area contributed by atoms with E-state index >= 15 is 0 Å². The first-order chi connectivity index (χ1) is 17.9. The largest absolute Gasteiger partial charge is 0.486 e. The van der Waals surface area contributed by atoms with E-state index in [0.29, 0.717) is 59.9 Å². The molecule has 2 fully saturated rings. The van der Waals surface area contributed by atoms with Gasteiger partial charge in [0.2, 0.25) is 11.8 Å². The van der Waals surface area contributed by atoms with Crippen LogP contribution in [0.25, 0.3) is 10.9 Å². The van der Waals surface area contributed by atoms with E-state index in [1.807, 2.05) is 0 Å². The first-order valence-corrected chi connectivity index (χ1v) is 12.3. The second-order valence-electron chi connectivity index (χ2n) is 8.90. The number of ether oxygens (including phenoxy) is 2. The van der Waals surface area contributed by atoms with E-state index in [0.717, 1.165) is 6.42 Å². The van der Waals surface area contributed by atoms with Crippen molar-refractivity contribution in [2.24, 2.45) is 0 Å². The third-order valence-corrected chi connectivity index (χ3v) is 6.66. The highest BCUT2D eigenvalue weighted by molar-refractivity contribution is 6.31. The number of aromatic nitrogens is 2. The van der Waals surface area contributed by atoms with Gasteiger partial charge >= 0.3 is 0 Å². The van der Waals surface area contributed by atoms with Crippen LogP contribution < -0.4 is 15.4 Å². The predicted molar refractivity (Wildman–Crippen MR) is 138 cm³/mol. The highest BCUT2D eigenvalue weighted by Crippen LogP contribution is 2.35. The second kappa shape index (κ2) is 10.7. The fourth-order valence-corrected chi connectivity index (χ4v) is 4.48. The molecule has 1 aromatic heterocycles. The van der Waals surface area contributed by atoms with E-state index in [2.05, 4.69) is 20.6 Å². The normalized spacial score (nSPS) is 19.6. The van der Waals surface area contributed by atoms with Crippen LogP contribution in [0.2, 0.25) is 5.02 Å². The molecule has 1 unspecified atom stereocenters. The summed E-state index contributed by atoms with van der Waals surface area (Å²) in [4.78, 5) is 34.9. The van der Waals surface area contributed by atoms with Crippen LogP contribution in [-0.2, 0) is 14.3 Å². The van der Waals surface area contributed by atoms with Crippen molar-refractivity contribution >= 4 is 51.5 Å². The number of likely N-dealkylation sites (tertiary alicyclic amines) is 1. The molecule has 0 saturated carbocycles. The number of hydrogen-bond acceptors (Lipinski definition) is 7. The Kier molecular flexibility index (Phi) is 7.20. The number of rotatable bonds is 7. The van der Waals surface area contributed by atoms with Crippen molar-refractivity contribution in [3.63, 3.8) is 0 Å². The van der Waals surface area contributed by atoms with Gasteiger partial charge in [0.15, 0.2) is 0 Å². The minimum atomic E-state index is -0.524. The molecule has 37 heavy (non-hydrogen) atoms. The molecule has 0 bridgehead atoms. The number of nitrogens with zero attached hydrogens (tertiary/aromatic N) is 3. The van der Waals surface area contributed by atoms with E-state index in [4.69, 9.17) is 21.1 Å². The summed E-state index contributed by atoms with van der Waals surface area (Å²) in [5.41, 5.74) is 1.55. The van der Waals surface area contributed by atoms with Crippen LogP contribution in [-0.4, -0.2) is 59.1 Å². The lowest BCUT2D eigenvalue weighted by Gasteiger charge is -2.18. The molecule has 2 aromatic carbocycles. The lowest BCUT2D eigenvalue weighted by molar-refractivity contribution is -0.127. The maximum absolute atomic E-state index is 13.6. The maximum atomic E-state index is 13.6. The Hall–Kier alpha value is -3.76. The number of anilines is 3. The molecule has 192 valence electrons. The van der Waals surface area contributed by atoms with Gasteiger partial charge in [-0.3, -0.25) is 9.59 Å². The Balaban J connectivity index is 1.45. The first-order valence-electron chi connectivity index (χ1n) is 11.9. The van der Waals surface area contributed by atoms with Crippen molar-refractivity contribution in [3.8, 4) is 5.75 Å². The smallest absolute Gasteiger partial charge is 0.248 e. The average molecular weight is 526 g/mol. The standard InChI is InChI=1S/C26H25ClFN5O4/c1-33-16(4-7-25(33)35)3-6-24(34)32-22-11-18-21(12-23(22)37-17-8-9-36-13-17)29-14-30-26(18)31-15-2-5-20(28)19(27)10-15/h2-3,5-6,10-12,14,16-17H,4,7-9,13H2,1H3,(H,32,34)(H,29,30,31)/b6-3+/t16?,17-/m0/s1. The zero-order valence-corrected chi connectivity index (χ0v) is 20.8. The molecule has 11 heteroatoms. The summed E-state index contributed by atoms with van der Waals surface area (Å²) >= 11 is 5.93. The van der Waals surface area contributed by atoms with Crippen molar-refractivity contribution in [2.75, 3.05) is 30.9 Å². The van der Waals surface area contributed by atoms with Crippen LogP contribution in [0.15, 0.2) is 48.8 Å². The van der Waals surface area contributed by atoms with Crippen molar-refractivity contribution < 1.29 is 23.5 Å². The average Bonchev–Trinajstić information content (AvgIpc) is 3.50. The summed E-state index contributed by atoms with van der Waals surface area (Å²) in [7, 11) is 1.73. The number of nitrogens with one attached hydrogen (secondary N) is 2. The monoisotopic (exact) mass is 525 g/mol. The molecule has 2 atom stereocenters. The van der Waals surface area contributed by atoms with Crippen LogP contribution in [0.3, 0.4) is 0 Å². The summed E-state index contributed by atoms with van der Waals surface area (Å²) in [5.74, 6) is 0.0643. The number of carbonyl (C=O) groups excluding carboxylic acids is 2. The predicted octanol–water partition coefficient (Wildman–Crippen LogP) is 4.45. The molecule has 0 spiro atoms. The lowest BCUT2D eigenvalue weighted by atomic mass is 10.1. The van der Waals surface area contributed by atoms with Crippen molar-refractivity contribution in [2.45, 2.75) is 31.4 Å². The van der Waals surface area contributed by atoms with Crippen LogP contribution in [0.5, 0.6) is 5.75 Å². The SMILES string of the molecule is CN1C(=O)CCC1/C=C/C(=O)Nc1cc2c(Nc3ccc(F)c(Cl)c3)ncnc2cc1O[C@H]1CCOC1. The van der Waals surface area contributed by atoms with E-state index in [-0.39, 0.29) is 29.0 Å². The van der Waals surface area contributed by atoms with E-state index in [1.54, 1.807) is 36.2 Å². The van der Waals surface area contributed by atoms with Gasteiger partial charge < -0.3 is 25.0 Å². The molecule has 0 radical (unpaired) electrons. The molecule has 3 heterocycles. The number of halogens is 2. The van der Waals surface area contributed by atoms with E-state index < -0.39 is 5.82 Å². The Morgan fingerprint density at radius 3 is 2.86 bits per heavy atom. The van der Waals surface area contributed by atoms with Gasteiger partial charge in [0.05, 0.1) is 35.5 Å². The third kappa shape index (κ3) is 5.65. The molecule has 9 nitrogen and oxygen atoms in total. The Labute approximate surface area is 217 Å². The Morgan fingerprint density at radius 2 is 2.14 bits per heavy atom. The number of amides is 2. The molecule has 2 saturated heterocycles. The molecule has 3 aromatic rings. The topological polar surface area (TPSA) is 106 Å². The summed E-state index contributed by atoms with van der Waals surface area (Å²) in [6, 6.07) is 7.61. The summed E-state index contributed by atoms with van der Waals surface area (Å²) in [6.07, 6.45) is 6.27.